The first-order valence-electron chi connectivity index (χ1n) is 7.35. The molecule has 2 aromatic rings. The van der Waals surface area contributed by atoms with Crippen molar-refractivity contribution in [3.05, 3.63) is 41.5 Å². The number of nitrogens with one attached hydrogen (secondary N) is 1. The average molecular weight is 288 g/mol. The van der Waals surface area contributed by atoms with Crippen molar-refractivity contribution in [1.29, 1.82) is 0 Å². The SMILES string of the molecule is Cc1ccc(OCCc2cnn(C)c2)c(CNC(C)C)n1. The van der Waals surface area contributed by atoms with Gasteiger partial charge in [-0.2, -0.15) is 5.10 Å². The van der Waals surface area contributed by atoms with Gasteiger partial charge in [0.1, 0.15) is 5.75 Å². The Kier molecular flexibility index (Phi) is 5.33. The molecule has 2 heterocycles. The number of rotatable bonds is 7. The summed E-state index contributed by atoms with van der Waals surface area (Å²) in [4.78, 5) is 4.57. The normalized spacial score (nSPS) is 11.1. The minimum absolute atomic E-state index is 0.426. The van der Waals surface area contributed by atoms with Crippen molar-refractivity contribution in [1.82, 2.24) is 20.1 Å². The molecule has 0 saturated carbocycles. The van der Waals surface area contributed by atoms with Crippen LogP contribution in [0, 0.1) is 6.92 Å². The number of pyridine rings is 1. The van der Waals surface area contributed by atoms with Gasteiger partial charge in [0.15, 0.2) is 0 Å². The van der Waals surface area contributed by atoms with E-state index in [0.717, 1.165) is 30.1 Å². The van der Waals surface area contributed by atoms with Gasteiger partial charge in [0, 0.05) is 37.9 Å². The maximum absolute atomic E-state index is 5.90. The van der Waals surface area contributed by atoms with E-state index in [4.69, 9.17) is 4.74 Å². The van der Waals surface area contributed by atoms with Crippen LogP contribution in [0.5, 0.6) is 5.75 Å². The van der Waals surface area contributed by atoms with E-state index in [-0.39, 0.29) is 0 Å². The summed E-state index contributed by atoms with van der Waals surface area (Å²) in [5.74, 6) is 0.859. The first-order valence-corrected chi connectivity index (χ1v) is 7.35. The van der Waals surface area contributed by atoms with E-state index in [1.807, 2.05) is 38.5 Å². The maximum atomic E-state index is 5.90. The Morgan fingerprint density at radius 1 is 1.33 bits per heavy atom. The van der Waals surface area contributed by atoms with E-state index in [0.29, 0.717) is 12.6 Å². The summed E-state index contributed by atoms with van der Waals surface area (Å²) in [6.45, 7) is 7.60. The third-order valence-electron chi connectivity index (χ3n) is 3.16. The second-order valence-electron chi connectivity index (χ2n) is 5.55. The first kappa shape index (κ1) is 15.5. The number of nitrogens with zero attached hydrogens (tertiary/aromatic N) is 3. The van der Waals surface area contributed by atoms with E-state index in [2.05, 4.69) is 29.2 Å². The van der Waals surface area contributed by atoms with E-state index in [9.17, 15) is 0 Å². The highest BCUT2D eigenvalue weighted by Crippen LogP contribution is 2.17. The lowest BCUT2D eigenvalue weighted by molar-refractivity contribution is 0.315. The zero-order valence-electron chi connectivity index (χ0n) is 13.3. The predicted molar refractivity (Wildman–Crippen MR) is 83.4 cm³/mol. The molecule has 0 aliphatic heterocycles. The molecule has 0 saturated heterocycles. The Morgan fingerprint density at radius 3 is 2.81 bits per heavy atom. The number of aromatic nitrogens is 3. The van der Waals surface area contributed by atoms with Gasteiger partial charge >= 0.3 is 0 Å². The van der Waals surface area contributed by atoms with Gasteiger partial charge in [-0.25, -0.2) is 0 Å². The largest absolute Gasteiger partial charge is 0.491 e. The predicted octanol–water partition coefficient (Wildman–Crippen LogP) is 2.24. The summed E-state index contributed by atoms with van der Waals surface area (Å²) in [5.41, 5.74) is 3.16. The molecule has 0 aliphatic rings. The van der Waals surface area contributed by atoms with Gasteiger partial charge in [-0.15, -0.1) is 0 Å². The highest BCUT2D eigenvalue weighted by Gasteiger charge is 2.07. The molecule has 5 nitrogen and oxygen atoms in total. The van der Waals surface area contributed by atoms with E-state index < -0.39 is 0 Å². The maximum Gasteiger partial charge on any atom is 0.142 e. The molecule has 0 atom stereocenters. The molecule has 114 valence electrons. The average Bonchev–Trinajstić information content (AvgIpc) is 2.84. The van der Waals surface area contributed by atoms with Crippen LogP contribution in [-0.4, -0.2) is 27.4 Å². The molecule has 1 N–H and O–H groups in total. The Bertz CT molecular complexity index is 577. The Labute approximate surface area is 126 Å². The summed E-state index contributed by atoms with van der Waals surface area (Å²) in [7, 11) is 1.92. The van der Waals surface area contributed by atoms with Gasteiger partial charge in [0.05, 0.1) is 18.5 Å². The molecule has 0 aliphatic carbocycles. The van der Waals surface area contributed by atoms with Crippen molar-refractivity contribution in [3.8, 4) is 5.75 Å². The molecule has 0 radical (unpaired) electrons. The van der Waals surface area contributed by atoms with E-state index >= 15 is 0 Å². The third-order valence-corrected chi connectivity index (χ3v) is 3.16. The second-order valence-corrected chi connectivity index (χ2v) is 5.55. The monoisotopic (exact) mass is 288 g/mol. The van der Waals surface area contributed by atoms with Crippen LogP contribution in [0.15, 0.2) is 24.5 Å². The smallest absolute Gasteiger partial charge is 0.142 e. The molecule has 2 rings (SSSR count). The number of hydrogen-bond donors (Lipinski definition) is 1. The number of ether oxygens (including phenoxy) is 1. The molecule has 0 fully saturated rings. The Balaban J connectivity index is 1.94. The summed E-state index contributed by atoms with van der Waals surface area (Å²) in [6, 6.07) is 4.41. The third kappa shape index (κ3) is 4.86. The topological polar surface area (TPSA) is 52.0 Å². The molecule has 2 aromatic heterocycles. The number of aryl methyl sites for hydroxylation is 2. The lowest BCUT2D eigenvalue weighted by Crippen LogP contribution is -2.23. The fraction of sp³-hybridized carbons (Fsp3) is 0.500. The highest BCUT2D eigenvalue weighted by atomic mass is 16.5. The second kappa shape index (κ2) is 7.22. The molecule has 5 heteroatoms. The van der Waals surface area contributed by atoms with Crippen LogP contribution in [0.2, 0.25) is 0 Å². The zero-order chi connectivity index (χ0) is 15.2. The summed E-state index contributed by atoms with van der Waals surface area (Å²) >= 11 is 0. The Hall–Kier alpha value is -1.88. The van der Waals surface area contributed by atoms with Crippen LogP contribution < -0.4 is 10.1 Å². The van der Waals surface area contributed by atoms with Crippen molar-refractivity contribution in [3.63, 3.8) is 0 Å². The van der Waals surface area contributed by atoms with Crippen molar-refractivity contribution in [2.45, 2.75) is 39.8 Å². The van der Waals surface area contributed by atoms with Gasteiger partial charge in [-0.1, -0.05) is 13.8 Å². The van der Waals surface area contributed by atoms with Crippen LogP contribution in [0.25, 0.3) is 0 Å². The van der Waals surface area contributed by atoms with E-state index in [1.54, 1.807) is 4.68 Å². The van der Waals surface area contributed by atoms with Gasteiger partial charge in [-0.05, 0) is 24.6 Å². The molecule has 0 bridgehead atoms. The van der Waals surface area contributed by atoms with Crippen molar-refractivity contribution < 1.29 is 4.74 Å². The first-order chi connectivity index (χ1) is 10.0. The fourth-order valence-electron chi connectivity index (χ4n) is 2.04. The van der Waals surface area contributed by atoms with Crippen LogP contribution in [0.3, 0.4) is 0 Å². The molecule has 0 spiro atoms. The number of hydrogen-bond acceptors (Lipinski definition) is 4. The molecule has 0 amide bonds. The quantitative estimate of drug-likeness (QED) is 0.849. The van der Waals surface area contributed by atoms with Crippen LogP contribution in [0.4, 0.5) is 0 Å². The minimum atomic E-state index is 0.426. The van der Waals surface area contributed by atoms with Gasteiger partial charge < -0.3 is 10.1 Å². The lowest BCUT2D eigenvalue weighted by Gasteiger charge is -2.13. The minimum Gasteiger partial charge on any atom is -0.491 e. The van der Waals surface area contributed by atoms with E-state index in [1.165, 1.54) is 5.56 Å². The molecule has 0 unspecified atom stereocenters. The lowest BCUT2D eigenvalue weighted by atomic mass is 10.2. The standard InChI is InChI=1S/C16H24N4O/c1-12(2)17-10-15-16(6-5-13(3)19-15)21-8-7-14-9-18-20(4)11-14/h5-6,9,11-12,17H,7-8,10H2,1-4H3. The molecule has 0 aromatic carbocycles. The van der Waals surface area contributed by atoms with Crippen LogP contribution in [-0.2, 0) is 20.0 Å². The summed E-state index contributed by atoms with van der Waals surface area (Å²) < 4.78 is 7.70. The van der Waals surface area contributed by atoms with Crippen molar-refractivity contribution >= 4 is 0 Å². The molecule has 21 heavy (non-hydrogen) atoms. The summed E-state index contributed by atoms with van der Waals surface area (Å²) in [6.07, 6.45) is 4.73. The molecular weight excluding hydrogens is 264 g/mol. The fourth-order valence-corrected chi connectivity index (χ4v) is 2.04. The van der Waals surface area contributed by atoms with Gasteiger partial charge in [-0.3, -0.25) is 9.67 Å². The van der Waals surface area contributed by atoms with Gasteiger partial charge in [0.2, 0.25) is 0 Å². The Morgan fingerprint density at radius 2 is 2.14 bits per heavy atom. The van der Waals surface area contributed by atoms with Crippen LogP contribution >= 0.6 is 0 Å². The van der Waals surface area contributed by atoms with Crippen molar-refractivity contribution in [2.75, 3.05) is 6.61 Å². The van der Waals surface area contributed by atoms with Crippen LogP contribution in [0.1, 0.15) is 30.8 Å². The van der Waals surface area contributed by atoms with Crippen molar-refractivity contribution in [2.24, 2.45) is 7.05 Å². The zero-order valence-corrected chi connectivity index (χ0v) is 13.3. The van der Waals surface area contributed by atoms with Gasteiger partial charge in [0.25, 0.3) is 0 Å². The highest BCUT2D eigenvalue weighted by molar-refractivity contribution is 5.29. The molecular formula is C16H24N4O. The summed E-state index contributed by atoms with van der Waals surface area (Å²) in [5, 5.41) is 7.54.